The largest absolute Gasteiger partial charge is 0.224 e. The summed E-state index contributed by atoms with van der Waals surface area (Å²) in [6, 6.07) is 13.1. The molecule has 0 aliphatic carbocycles. The summed E-state index contributed by atoms with van der Waals surface area (Å²) < 4.78 is 2.23. The van der Waals surface area contributed by atoms with Crippen molar-refractivity contribution >= 4 is 10.8 Å². The molecule has 2 heterocycles. The molecule has 2 aromatic heterocycles. The molecule has 4 nitrogen and oxygen atoms in total. The topological polar surface area (TPSA) is 42.6 Å². The van der Waals surface area contributed by atoms with Crippen molar-refractivity contribution in [1.29, 1.82) is 0 Å². The van der Waals surface area contributed by atoms with E-state index in [0.29, 0.717) is 0 Å². The molecule has 0 saturated heterocycles. The molecule has 0 amide bonds. The molecule has 0 radical (unpaired) electrons. The summed E-state index contributed by atoms with van der Waals surface area (Å²) in [6.45, 7) is 19.5. The maximum Gasteiger partial charge on any atom is 0.224 e. The molecule has 0 aliphatic heterocycles. The zero-order valence-electron chi connectivity index (χ0n) is 22.3. The Morgan fingerprint density at radius 3 is 1.94 bits per heavy atom. The highest BCUT2D eigenvalue weighted by atomic mass is 15.1. The number of pyridine rings is 1. The minimum atomic E-state index is -0.194. The Morgan fingerprint density at radius 1 is 0.765 bits per heavy atom. The quantitative estimate of drug-likeness (QED) is 0.317. The van der Waals surface area contributed by atoms with E-state index in [2.05, 4.69) is 117 Å². The van der Waals surface area contributed by atoms with E-state index in [1.165, 1.54) is 27.6 Å². The zero-order chi connectivity index (χ0) is 25.0. The fraction of sp³-hybridized carbons (Fsp3) is 0.400. The van der Waals surface area contributed by atoms with Crippen LogP contribution in [0.3, 0.4) is 0 Å². The molecule has 0 spiro atoms. The first kappa shape index (κ1) is 24.0. The normalized spacial score (nSPS) is 12.4. The summed E-state index contributed by atoms with van der Waals surface area (Å²) in [7, 11) is 2.12. The summed E-state index contributed by atoms with van der Waals surface area (Å²) in [5.41, 5.74) is 6.84. The van der Waals surface area contributed by atoms with Crippen LogP contribution in [-0.2, 0) is 17.9 Å². The third-order valence-electron chi connectivity index (χ3n) is 6.42. The van der Waals surface area contributed by atoms with Crippen LogP contribution in [0.5, 0.6) is 0 Å². The number of rotatable bonds is 2. The number of fused-ring (bicyclic) bond motifs is 1. The molecule has 0 N–H and O–H groups in total. The Hall–Kier alpha value is -3.14. The third kappa shape index (κ3) is 4.34. The molecule has 0 bridgehead atoms. The monoisotopic (exact) mass is 453 g/mol. The lowest BCUT2D eigenvalue weighted by atomic mass is 9.91. The van der Waals surface area contributed by atoms with Crippen LogP contribution in [0.2, 0.25) is 0 Å². The average Bonchev–Trinajstić information content (AvgIpc) is 2.74. The van der Waals surface area contributed by atoms with Crippen molar-refractivity contribution in [2.75, 3.05) is 0 Å². The first-order chi connectivity index (χ1) is 15.8. The van der Waals surface area contributed by atoms with Crippen LogP contribution in [0.25, 0.3) is 33.4 Å². The van der Waals surface area contributed by atoms with Gasteiger partial charge in [-0.05, 0) is 44.0 Å². The number of nitrogens with zero attached hydrogens (tertiary/aromatic N) is 4. The highest BCUT2D eigenvalue weighted by molar-refractivity contribution is 5.99. The van der Waals surface area contributed by atoms with E-state index in [1.807, 2.05) is 0 Å². The second-order valence-corrected chi connectivity index (χ2v) is 11.6. The van der Waals surface area contributed by atoms with Crippen LogP contribution in [0.1, 0.15) is 69.9 Å². The van der Waals surface area contributed by atoms with Crippen molar-refractivity contribution < 1.29 is 4.57 Å². The van der Waals surface area contributed by atoms with E-state index in [4.69, 9.17) is 15.0 Å². The maximum atomic E-state index is 5.10. The van der Waals surface area contributed by atoms with Gasteiger partial charge in [0.1, 0.15) is 18.7 Å². The summed E-state index contributed by atoms with van der Waals surface area (Å²) in [5.74, 6) is 2.38. The molecule has 34 heavy (non-hydrogen) atoms. The number of benzene rings is 2. The van der Waals surface area contributed by atoms with Crippen LogP contribution >= 0.6 is 0 Å². The molecule has 4 heteroatoms. The van der Waals surface area contributed by atoms with Gasteiger partial charge in [-0.15, -0.1) is 0 Å². The molecule has 0 atom stereocenters. The van der Waals surface area contributed by atoms with Crippen molar-refractivity contribution in [1.82, 2.24) is 15.0 Å². The molecule has 0 aliphatic rings. The van der Waals surface area contributed by atoms with E-state index in [0.717, 1.165) is 34.1 Å². The first-order valence-electron chi connectivity index (χ1n) is 12.0. The molecule has 4 aromatic rings. The predicted molar refractivity (Wildman–Crippen MR) is 141 cm³/mol. The van der Waals surface area contributed by atoms with Gasteiger partial charge in [0.25, 0.3) is 0 Å². The van der Waals surface area contributed by atoms with Crippen molar-refractivity contribution in [3.63, 3.8) is 0 Å². The van der Waals surface area contributed by atoms with Gasteiger partial charge in [0, 0.05) is 21.6 Å². The van der Waals surface area contributed by atoms with Gasteiger partial charge in [-0.25, -0.2) is 15.0 Å². The molecule has 0 unspecified atom stereocenters. The first-order valence-corrected chi connectivity index (χ1v) is 12.0. The van der Waals surface area contributed by atoms with Crippen LogP contribution in [0.15, 0.2) is 42.6 Å². The Kier molecular flexibility index (Phi) is 5.83. The maximum absolute atomic E-state index is 5.10. The summed E-state index contributed by atoms with van der Waals surface area (Å²) >= 11 is 0. The van der Waals surface area contributed by atoms with Crippen molar-refractivity contribution in [3.05, 3.63) is 70.9 Å². The Labute approximate surface area is 204 Å². The van der Waals surface area contributed by atoms with Crippen molar-refractivity contribution in [2.24, 2.45) is 7.05 Å². The van der Waals surface area contributed by atoms with Gasteiger partial charge in [0.2, 0.25) is 5.69 Å². The zero-order valence-corrected chi connectivity index (χ0v) is 22.3. The third-order valence-corrected chi connectivity index (χ3v) is 6.42. The second kappa shape index (κ2) is 8.26. The number of aromatic nitrogens is 4. The van der Waals surface area contributed by atoms with E-state index in [-0.39, 0.29) is 10.8 Å². The Bertz CT molecular complexity index is 1370. The van der Waals surface area contributed by atoms with Crippen molar-refractivity contribution in [2.45, 2.75) is 73.1 Å². The average molecular weight is 454 g/mol. The van der Waals surface area contributed by atoms with Gasteiger partial charge in [-0.3, -0.25) is 0 Å². The highest BCUT2D eigenvalue weighted by Gasteiger charge is 2.30. The fourth-order valence-corrected chi connectivity index (χ4v) is 4.41. The predicted octanol–water partition coefficient (Wildman–Crippen LogP) is 6.70. The standard InChI is InChI=1S/C30H37N4/c1-18-15-19(2)20(3)23(16-18)25-24(22-14-12-11-13-21(22)17-34(25)10)26-31-27(29(4,5)6)33-28(32-26)30(7,8)9/h11-17H,1-10H3/q+1. The lowest BCUT2D eigenvalue weighted by Gasteiger charge is -2.23. The van der Waals surface area contributed by atoms with Gasteiger partial charge >= 0.3 is 0 Å². The Morgan fingerprint density at radius 2 is 1.35 bits per heavy atom. The second-order valence-electron chi connectivity index (χ2n) is 11.6. The van der Waals surface area contributed by atoms with Gasteiger partial charge in [-0.1, -0.05) is 71.4 Å². The summed E-state index contributed by atoms with van der Waals surface area (Å²) in [4.78, 5) is 15.1. The van der Waals surface area contributed by atoms with Crippen LogP contribution in [0, 0.1) is 20.8 Å². The van der Waals surface area contributed by atoms with E-state index in [1.54, 1.807) is 0 Å². The molecule has 4 rings (SSSR count). The van der Waals surface area contributed by atoms with Crippen LogP contribution in [-0.4, -0.2) is 15.0 Å². The van der Waals surface area contributed by atoms with Gasteiger partial charge in [0.15, 0.2) is 12.0 Å². The number of hydrogen-bond donors (Lipinski definition) is 0. The lowest BCUT2D eigenvalue weighted by Crippen LogP contribution is -2.32. The van der Waals surface area contributed by atoms with Crippen molar-refractivity contribution in [3.8, 4) is 22.6 Å². The summed E-state index contributed by atoms with van der Waals surface area (Å²) in [6.07, 6.45) is 2.21. The minimum absolute atomic E-state index is 0.194. The molecular weight excluding hydrogens is 416 g/mol. The van der Waals surface area contributed by atoms with Gasteiger partial charge in [-0.2, -0.15) is 4.57 Å². The van der Waals surface area contributed by atoms with Crippen LogP contribution in [0.4, 0.5) is 0 Å². The molecule has 176 valence electrons. The van der Waals surface area contributed by atoms with Gasteiger partial charge in [0.05, 0.1) is 11.1 Å². The number of aryl methyl sites for hydroxylation is 3. The number of hydrogen-bond acceptors (Lipinski definition) is 3. The molecule has 0 saturated carbocycles. The Balaban J connectivity index is 2.21. The highest BCUT2D eigenvalue weighted by Crippen LogP contribution is 2.37. The minimum Gasteiger partial charge on any atom is -0.217 e. The fourth-order valence-electron chi connectivity index (χ4n) is 4.41. The molecule has 2 aromatic carbocycles. The molecule has 0 fully saturated rings. The SMILES string of the molecule is Cc1cc(C)c(C)c(-c2c(-c3nc(C(C)(C)C)nc(C(C)(C)C)n3)c3ccccc3c[n+]2C)c1. The molecular formula is C30H37N4+. The smallest absolute Gasteiger partial charge is 0.217 e. The van der Waals surface area contributed by atoms with Crippen LogP contribution < -0.4 is 4.57 Å². The van der Waals surface area contributed by atoms with Gasteiger partial charge < -0.3 is 0 Å². The summed E-state index contributed by atoms with van der Waals surface area (Å²) in [5, 5.41) is 2.32. The van der Waals surface area contributed by atoms with E-state index < -0.39 is 0 Å². The lowest BCUT2D eigenvalue weighted by molar-refractivity contribution is -0.658. The van der Waals surface area contributed by atoms with E-state index >= 15 is 0 Å². The van der Waals surface area contributed by atoms with E-state index in [9.17, 15) is 0 Å².